The van der Waals surface area contributed by atoms with E-state index in [2.05, 4.69) is 27.6 Å². The summed E-state index contributed by atoms with van der Waals surface area (Å²) in [6.45, 7) is 1.94. The van der Waals surface area contributed by atoms with Crippen molar-refractivity contribution in [1.82, 2.24) is 15.5 Å². The number of aryl methyl sites for hydroxylation is 3. The molecule has 0 aliphatic heterocycles. The monoisotopic (exact) mass is 383 g/mol. The van der Waals surface area contributed by atoms with Crippen molar-refractivity contribution in [2.45, 2.75) is 38.6 Å². The van der Waals surface area contributed by atoms with E-state index in [1.807, 2.05) is 49.4 Å². The predicted molar refractivity (Wildman–Crippen MR) is 104 cm³/mol. The maximum Gasteiger partial charge on any atom is 0.220 e. The van der Waals surface area contributed by atoms with Crippen molar-refractivity contribution in [3.63, 3.8) is 0 Å². The number of hydrogen-bond donors (Lipinski definition) is 1. The molecule has 5 nitrogen and oxygen atoms in total. The van der Waals surface area contributed by atoms with Gasteiger partial charge in [-0.25, -0.2) is 0 Å². The summed E-state index contributed by atoms with van der Waals surface area (Å²) in [7, 11) is 0. The molecule has 6 heteroatoms. The lowest BCUT2D eigenvalue weighted by molar-refractivity contribution is -0.121. The third-order valence-electron chi connectivity index (χ3n) is 4.29. The molecule has 1 N–H and O–H groups in total. The third-order valence-corrected chi connectivity index (χ3v) is 4.54. The first-order chi connectivity index (χ1) is 13.1. The number of benzene rings is 2. The van der Waals surface area contributed by atoms with Gasteiger partial charge in [-0.05, 0) is 36.6 Å². The number of carbonyl (C=O) groups excluding carboxylic acids is 1. The number of amides is 1. The van der Waals surface area contributed by atoms with E-state index in [1.54, 1.807) is 0 Å². The van der Waals surface area contributed by atoms with Crippen LogP contribution in [0.3, 0.4) is 0 Å². The van der Waals surface area contributed by atoms with Gasteiger partial charge in [0.2, 0.25) is 17.7 Å². The Morgan fingerprint density at radius 1 is 1.00 bits per heavy atom. The van der Waals surface area contributed by atoms with Crippen molar-refractivity contribution < 1.29 is 9.21 Å². The van der Waals surface area contributed by atoms with Crippen LogP contribution < -0.4 is 5.32 Å². The maximum absolute atomic E-state index is 12.2. The number of hydrogen-bond acceptors (Lipinski definition) is 4. The van der Waals surface area contributed by atoms with Crippen molar-refractivity contribution in [3.05, 3.63) is 82.5 Å². The zero-order valence-corrected chi connectivity index (χ0v) is 15.9. The van der Waals surface area contributed by atoms with Crippen LogP contribution in [0.15, 0.2) is 59.0 Å². The molecule has 1 amide bonds. The van der Waals surface area contributed by atoms with Crippen molar-refractivity contribution >= 4 is 17.5 Å². The summed E-state index contributed by atoms with van der Waals surface area (Å²) in [4.78, 5) is 12.2. The van der Waals surface area contributed by atoms with Gasteiger partial charge in [0, 0.05) is 24.3 Å². The Morgan fingerprint density at radius 3 is 2.37 bits per heavy atom. The number of nitrogens with zero attached hydrogens (tertiary/aromatic N) is 2. The molecule has 140 valence electrons. The van der Waals surface area contributed by atoms with Gasteiger partial charge in [-0.3, -0.25) is 4.79 Å². The first-order valence-electron chi connectivity index (χ1n) is 9.00. The molecule has 1 aromatic heterocycles. The van der Waals surface area contributed by atoms with Gasteiger partial charge in [-0.2, -0.15) is 0 Å². The van der Waals surface area contributed by atoms with E-state index in [-0.39, 0.29) is 11.9 Å². The van der Waals surface area contributed by atoms with Gasteiger partial charge in [-0.15, -0.1) is 10.2 Å². The molecule has 0 aliphatic rings. The van der Waals surface area contributed by atoms with Gasteiger partial charge in [0.1, 0.15) is 0 Å². The van der Waals surface area contributed by atoms with E-state index in [1.165, 1.54) is 5.56 Å². The van der Waals surface area contributed by atoms with Crippen LogP contribution in [-0.4, -0.2) is 16.1 Å². The lowest BCUT2D eigenvalue weighted by atomic mass is 10.1. The van der Waals surface area contributed by atoms with E-state index >= 15 is 0 Å². The zero-order valence-electron chi connectivity index (χ0n) is 15.2. The average molecular weight is 384 g/mol. The molecule has 1 heterocycles. The molecular weight excluding hydrogens is 362 g/mol. The summed E-state index contributed by atoms with van der Waals surface area (Å²) in [6, 6.07) is 17.5. The molecule has 27 heavy (non-hydrogen) atoms. The van der Waals surface area contributed by atoms with E-state index in [0.717, 1.165) is 12.0 Å². The summed E-state index contributed by atoms with van der Waals surface area (Å²) in [5, 5.41) is 11.7. The molecule has 0 unspecified atom stereocenters. The summed E-state index contributed by atoms with van der Waals surface area (Å²) >= 11 is 5.89. The second-order valence-corrected chi connectivity index (χ2v) is 6.85. The summed E-state index contributed by atoms with van der Waals surface area (Å²) in [5.74, 6) is 1.04. The van der Waals surface area contributed by atoms with Gasteiger partial charge in [0.15, 0.2) is 0 Å². The molecule has 3 rings (SSSR count). The first kappa shape index (κ1) is 19.1. The van der Waals surface area contributed by atoms with Crippen molar-refractivity contribution in [2.75, 3.05) is 0 Å². The standard InChI is InChI=1S/C21H22ClN3O2/c1-15(17-8-10-18(22)11-9-17)23-19(26)12-14-21-25-24-20(27-21)13-7-16-5-3-2-4-6-16/h2-6,8-11,15H,7,12-14H2,1H3,(H,23,26)/t15-/m0/s1. The van der Waals surface area contributed by atoms with Crippen LogP contribution in [0.25, 0.3) is 0 Å². The zero-order chi connectivity index (χ0) is 19.1. The smallest absolute Gasteiger partial charge is 0.220 e. The molecule has 0 fully saturated rings. The summed E-state index contributed by atoms with van der Waals surface area (Å²) < 4.78 is 5.64. The molecule has 0 saturated heterocycles. The van der Waals surface area contributed by atoms with Crippen LogP contribution in [0.1, 0.15) is 42.3 Å². The molecule has 1 atom stereocenters. The Hall–Kier alpha value is -2.66. The minimum atomic E-state index is -0.0844. The molecule has 2 aromatic carbocycles. The number of aromatic nitrogens is 2. The second kappa shape index (κ2) is 9.33. The number of rotatable bonds is 8. The molecular formula is C21H22ClN3O2. The fourth-order valence-corrected chi connectivity index (χ4v) is 2.88. The quantitative estimate of drug-likeness (QED) is 0.629. The first-order valence-corrected chi connectivity index (χ1v) is 9.38. The van der Waals surface area contributed by atoms with Gasteiger partial charge in [-0.1, -0.05) is 54.1 Å². The molecule has 0 bridgehead atoms. The molecule has 0 aliphatic carbocycles. The highest BCUT2D eigenvalue weighted by Crippen LogP contribution is 2.16. The molecule has 3 aromatic rings. The summed E-state index contributed by atoms with van der Waals surface area (Å²) in [5.41, 5.74) is 2.24. The fourth-order valence-electron chi connectivity index (χ4n) is 2.76. The van der Waals surface area contributed by atoms with Crippen LogP contribution in [0.5, 0.6) is 0 Å². The SMILES string of the molecule is C[C@H](NC(=O)CCc1nnc(CCc2ccccc2)o1)c1ccc(Cl)cc1. The number of halogens is 1. The van der Waals surface area contributed by atoms with E-state index < -0.39 is 0 Å². The lowest BCUT2D eigenvalue weighted by Crippen LogP contribution is -2.26. The predicted octanol–water partition coefficient (Wildman–Crippen LogP) is 4.32. The summed E-state index contributed by atoms with van der Waals surface area (Å²) in [6.07, 6.45) is 2.27. The topological polar surface area (TPSA) is 68.0 Å². The lowest BCUT2D eigenvalue weighted by Gasteiger charge is -2.14. The number of carbonyl (C=O) groups is 1. The molecule has 0 spiro atoms. The molecule has 0 saturated carbocycles. The highest BCUT2D eigenvalue weighted by atomic mass is 35.5. The third kappa shape index (κ3) is 5.93. The van der Waals surface area contributed by atoms with Crippen LogP contribution >= 0.6 is 11.6 Å². The van der Waals surface area contributed by atoms with Crippen LogP contribution in [-0.2, 0) is 24.1 Å². The number of nitrogens with one attached hydrogen (secondary N) is 1. The fraction of sp³-hybridized carbons (Fsp3) is 0.286. The van der Waals surface area contributed by atoms with Crippen LogP contribution in [0, 0.1) is 0 Å². The normalized spacial score (nSPS) is 11.9. The average Bonchev–Trinajstić information content (AvgIpc) is 3.14. The largest absolute Gasteiger partial charge is 0.425 e. The Labute approximate surface area is 163 Å². The Balaban J connectivity index is 1.43. The van der Waals surface area contributed by atoms with Crippen molar-refractivity contribution in [3.8, 4) is 0 Å². The highest BCUT2D eigenvalue weighted by molar-refractivity contribution is 6.30. The Bertz CT molecular complexity index is 863. The van der Waals surface area contributed by atoms with Gasteiger partial charge in [0.25, 0.3) is 0 Å². The minimum Gasteiger partial charge on any atom is -0.425 e. The second-order valence-electron chi connectivity index (χ2n) is 6.42. The van der Waals surface area contributed by atoms with E-state index in [4.69, 9.17) is 16.0 Å². The Kier molecular flexibility index (Phi) is 6.60. The van der Waals surface area contributed by atoms with E-state index in [9.17, 15) is 4.79 Å². The van der Waals surface area contributed by atoms with Gasteiger partial charge < -0.3 is 9.73 Å². The maximum atomic E-state index is 12.2. The van der Waals surface area contributed by atoms with Crippen LogP contribution in [0.4, 0.5) is 0 Å². The van der Waals surface area contributed by atoms with Crippen molar-refractivity contribution in [2.24, 2.45) is 0 Å². The minimum absolute atomic E-state index is 0.0542. The van der Waals surface area contributed by atoms with Gasteiger partial charge >= 0.3 is 0 Å². The molecule has 0 radical (unpaired) electrons. The van der Waals surface area contributed by atoms with E-state index in [0.29, 0.717) is 36.1 Å². The van der Waals surface area contributed by atoms with Gasteiger partial charge in [0.05, 0.1) is 6.04 Å². The van der Waals surface area contributed by atoms with Crippen LogP contribution in [0.2, 0.25) is 5.02 Å². The highest BCUT2D eigenvalue weighted by Gasteiger charge is 2.12. The Morgan fingerprint density at radius 2 is 1.67 bits per heavy atom. The van der Waals surface area contributed by atoms with Crippen molar-refractivity contribution in [1.29, 1.82) is 0 Å².